The molecule has 0 saturated heterocycles. The van der Waals surface area contributed by atoms with E-state index in [1.165, 1.54) is 25.8 Å². The van der Waals surface area contributed by atoms with Crippen LogP contribution in [0.3, 0.4) is 0 Å². The molecule has 19 heavy (non-hydrogen) atoms. The van der Waals surface area contributed by atoms with E-state index in [1.54, 1.807) is 18.2 Å². The quantitative estimate of drug-likeness (QED) is 0.755. The number of esters is 1. The normalized spacial score (nSPS) is 11.8. The summed E-state index contributed by atoms with van der Waals surface area (Å²) in [6, 6.07) is 5.24. The molecule has 0 N–H and O–H groups in total. The van der Waals surface area contributed by atoms with Crippen LogP contribution in [0.2, 0.25) is 0 Å². The van der Waals surface area contributed by atoms with Crippen molar-refractivity contribution in [3.8, 4) is 11.5 Å². The molecular formula is C13H10BrNO4. The number of hydrogen-bond donors (Lipinski definition) is 0. The first-order chi connectivity index (χ1) is 8.78. The van der Waals surface area contributed by atoms with Crippen molar-refractivity contribution in [3.05, 3.63) is 42.5 Å². The zero-order valence-corrected chi connectivity index (χ0v) is 11.7. The van der Waals surface area contributed by atoms with Crippen molar-refractivity contribution < 1.29 is 19.0 Å². The molecule has 1 aromatic heterocycles. The second-order valence-corrected chi connectivity index (χ2v) is 3.72. The molecule has 0 saturated carbocycles. The third kappa shape index (κ3) is 2.39. The predicted octanol–water partition coefficient (Wildman–Crippen LogP) is 2.84. The van der Waals surface area contributed by atoms with Crippen molar-refractivity contribution in [2.24, 2.45) is 0 Å². The largest absolute Gasteiger partial charge is 0.465 e. The van der Waals surface area contributed by atoms with Crippen LogP contribution in [-0.4, -0.2) is 18.1 Å². The van der Waals surface area contributed by atoms with Gasteiger partial charge in [-0.05, 0) is 12.1 Å². The van der Waals surface area contributed by atoms with Gasteiger partial charge in [-0.25, -0.2) is 4.79 Å². The van der Waals surface area contributed by atoms with Gasteiger partial charge >= 0.3 is 5.97 Å². The minimum Gasteiger partial charge on any atom is -0.465 e. The lowest BCUT2D eigenvalue weighted by molar-refractivity contribution is 0.0600. The molecule has 1 aliphatic rings. The van der Waals surface area contributed by atoms with E-state index in [4.69, 9.17) is 9.47 Å². The first-order valence-electron chi connectivity index (χ1n) is 5.28. The van der Waals surface area contributed by atoms with Gasteiger partial charge in [0.05, 0.1) is 18.2 Å². The zero-order chi connectivity index (χ0) is 12.5. The van der Waals surface area contributed by atoms with E-state index in [-0.39, 0.29) is 17.0 Å². The summed E-state index contributed by atoms with van der Waals surface area (Å²) in [6.07, 6.45) is 4.38. The minimum atomic E-state index is -0.417. The number of rotatable bonds is 1. The lowest BCUT2D eigenvalue weighted by atomic mass is 10.1. The molecule has 0 spiro atoms. The highest BCUT2D eigenvalue weighted by Gasteiger charge is 2.13. The number of benzene rings is 1. The highest BCUT2D eigenvalue weighted by molar-refractivity contribution is 8.93. The Balaban J connectivity index is 0.00000133. The monoisotopic (exact) mass is 323 g/mol. The summed E-state index contributed by atoms with van der Waals surface area (Å²) in [4.78, 5) is 15.6. The Kier molecular flexibility index (Phi) is 3.71. The minimum absolute atomic E-state index is 0. The van der Waals surface area contributed by atoms with E-state index in [1.807, 2.05) is 0 Å². The van der Waals surface area contributed by atoms with Crippen LogP contribution in [0.15, 0.2) is 36.9 Å². The van der Waals surface area contributed by atoms with Crippen LogP contribution in [0, 0.1) is 0 Å². The Morgan fingerprint density at radius 3 is 2.53 bits per heavy atom. The van der Waals surface area contributed by atoms with Gasteiger partial charge in [-0.3, -0.25) is 4.98 Å². The summed E-state index contributed by atoms with van der Waals surface area (Å²) in [5.74, 6) is 0.774. The Morgan fingerprint density at radius 2 is 1.84 bits per heavy atom. The van der Waals surface area contributed by atoms with Crippen LogP contribution >= 0.6 is 17.0 Å². The summed E-state index contributed by atoms with van der Waals surface area (Å²) in [5, 5.41) is 0.788. The van der Waals surface area contributed by atoms with Crippen LogP contribution in [0.4, 0.5) is 0 Å². The first kappa shape index (κ1) is 13.4. The molecule has 2 aromatic rings. The maximum absolute atomic E-state index is 11.4. The van der Waals surface area contributed by atoms with E-state index < -0.39 is 5.97 Å². The molecule has 0 bridgehead atoms. The fourth-order valence-corrected chi connectivity index (χ4v) is 1.75. The summed E-state index contributed by atoms with van der Waals surface area (Å²) in [7, 11) is 1.33. The number of carbonyl (C=O) groups excluding carboxylic acids is 1. The van der Waals surface area contributed by atoms with Gasteiger partial charge in [0.1, 0.15) is 12.5 Å². The third-order valence-electron chi connectivity index (χ3n) is 2.61. The van der Waals surface area contributed by atoms with E-state index in [9.17, 15) is 4.79 Å². The van der Waals surface area contributed by atoms with Crippen molar-refractivity contribution in [1.82, 2.24) is 4.98 Å². The van der Waals surface area contributed by atoms with Crippen molar-refractivity contribution in [1.29, 1.82) is 0 Å². The molecule has 0 amide bonds. The molecule has 6 heteroatoms. The molecule has 2 heterocycles. The second-order valence-electron chi connectivity index (χ2n) is 3.72. The van der Waals surface area contributed by atoms with Gasteiger partial charge in [0, 0.05) is 17.6 Å². The fraction of sp³-hybridized carbons (Fsp3) is 0.0769. The van der Waals surface area contributed by atoms with Crippen LogP contribution in [0.5, 0.6) is 11.5 Å². The number of nitrogens with zero attached hydrogens (tertiary/aromatic N) is 1. The molecule has 3 rings (SSSR count). The van der Waals surface area contributed by atoms with Gasteiger partial charge in [0.15, 0.2) is 11.5 Å². The molecule has 0 unspecified atom stereocenters. The van der Waals surface area contributed by atoms with Gasteiger partial charge in [-0.15, -0.1) is 17.0 Å². The average molecular weight is 324 g/mol. The lowest BCUT2D eigenvalue weighted by Crippen LogP contribution is -2.02. The topological polar surface area (TPSA) is 57.7 Å². The zero-order valence-electron chi connectivity index (χ0n) is 9.95. The number of methoxy groups -OCH3 is 1. The van der Waals surface area contributed by atoms with Crippen LogP contribution in [0.25, 0.3) is 10.9 Å². The maximum Gasteiger partial charge on any atom is 0.339 e. The highest BCUT2D eigenvalue weighted by atomic mass is 79.9. The fourth-order valence-electron chi connectivity index (χ4n) is 1.75. The Hall–Kier alpha value is -2.08. The SMILES string of the molecule is Br.COC(=O)c1cnc2cc3c(cc2c1)OC=CO3. The molecule has 0 radical (unpaired) electrons. The Bertz CT molecular complexity index is 669. The third-order valence-corrected chi connectivity index (χ3v) is 2.61. The Morgan fingerprint density at radius 1 is 1.16 bits per heavy atom. The molecular weight excluding hydrogens is 314 g/mol. The van der Waals surface area contributed by atoms with Crippen molar-refractivity contribution in [2.75, 3.05) is 7.11 Å². The summed E-state index contributed by atoms with van der Waals surface area (Å²) in [6.45, 7) is 0. The Labute approximate surface area is 119 Å². The second kappa shape index (κ2) is 5.27. The predicted molar refractivity (Wildman–Crippen MR) is 73.8 cm³/mol. The molecule has 1 aliphatic heterocycles. The smallest absolute Gasteiger partial charge is 0.339 e. The first-order valence-corrected chi connectivity index (χ1v) is 5.28. The molecule has 5 nitrogen and oxygen atoms in total. The van der Waals surface area contributed by atoms with E-state index >= 15 is 0 Å². The van der Waals surface area contributed by atoms with E-state index in [0.29, 0.717) is 17.1 Å². The average Bonchev–Trinajstić information content (AvgIpc) is 2.43. The molecule has 98 valence electrons. The standard InChI is InChI=1S/C13H9NO4.BrH/c1-16-13(15)9-4-8-5-11-12(18-3-2-17-11)6-10(8)14-7-9;/h2-7H,1H3;1H. The van der Waals surface area contributed by atoms with E-state index in [2.05, 4.69) is 9.72 Å². The molecule has 0 fully saturated rings. The van der Waals surface area contributed by atoms with Gasteiger partial charge in [0.25, 0.3) is 0 Å². The van der Waals surface area contributed by atoms with Gasteiger partial charge < -0.3 is 14.2 Å². The lowest BCUT2D eigenvalue weighted by Gasteiger charge is -2.13. The number of carbonyl (C=O) groups is 1. The van der Waals surface area contributed by atoms with Crippen LogP contribution in [-0.2, 0) is 4.74 Å². The summed E-state index contributed by atoms with van der Waals surface area (Å²) < 4.78 is 15.3. The summed E-state index contributed by atoms with van der Waals surface area (Å²) in [5.41, 5.74) is 1.12. The number of fused-ring (bicyclic) bond motifs is 2. The van der Waals surface area contributed by atoms with Crippen molar-refractivity contribution in [2.45, 2.75) is 0 Å². The number of hydrogen-bond acceptors (Lipinski definition) is 5. The number of aromatic nitrogens is 1. The van der Waals surface area contributed by atoms with Gasteiger partial charge in [0.2, 0.25) is 0 Å². The van der Waals surface area contributed by atoms with E-state index in [0.717, 1.165) is 10.9 Å². The van der Waals surface area contributed by atoms with Crippen LogP contribution in [0.1, 0.15) is 10.4 Å². The van der Waals surface area contributed by atoms with Gasteiger partial charge in [-0.2, -0.15) is 0 Å². The molecule has 1 aromatic carbocycles. The van der Waals surface area contributed by atoms with Crippen molar-refractivity contribution in [3.63, 3.8) is 0 Å². The highest BCUT2D eigenvalue weighted by Crippen LogP contribution is 2.34. The molecule has 0 aliphatic carbocycles. The van der Waals surface area contributed by atoms with Crippen LogP contribution < -0.4 is 9.47 Å². The number of halogens is 1. The van der Waals surface area contributed by atoms with Crippen molar-refractivity contribution >= 4 is 33.9 Å². The van der Waals surface area contributed by atoms with Gasteiger partial charge in [-0.1, -0.05) is 0 Å². The molecule has 0 atom stereocenters. The number of ether oxygens (including phenoxy) is 3. The number of pyridine rings is 1. The summed E-state index contributed by atoms with van der Waals surface area (Å²) >= 11 is 0. The maximum atomic E-state index is 11.4.